The first-order valence-corrected chi connectivity index (χ1v) is 5.02. The van der Waals surface area contributed by atoms with Crippen LogP contribution < -0.4 is 10.6 Å². The van der Waals surface area contributed by atoms with Crippen LogP contribution in [0.3, 0.4) is 0 Å². The third-order valence-electron chi connectivity index (χ3n) is 2.64. The van der Waals surface area contributed by atoms with Crippen LogP contribution in [-0.4, -0.2) is 41.9 Å². The predicted octanol–water partition coefficient (Wildman–Crippen LogP) is -1.43. The molecule has 2 saturated heterocycles. The normalized spacial score (nSPS) is 27.9. The summed E-state index contributed by atoms with van der Waals surface area (Å²) >= 11 is 0. The second-order valence-corrected chi connectivity index (χ2v) is 3.78. The molecule has 15 heavy (non-hydrogen) atoms. The average Bonchev–Trinajstić information content (AvgIpc) is 2.62. The Labute approximate surface area is 87.0 Å². The quantitative estimate of drug-likeness (QED) is 0.412. The van der Waals surface area contributed by atoms with Gasteiger partial charge in [-0.25, -0.2) is 0 Å². The summed E-state index contributed by atoms with van der Waals surface area (Å²) in [6, 6.07) is 0. The minimum absolute atomic E-state index is 0.0256. The Bertz CT molecular complexity index is 310. The molecule has 1 unspecified atom stereocenters. The maximum Gasteiger partial charge on any atom is 0.246 e. The number of imide groups is 1. The summed E-state index contributed by atoms with van der Waals surface area (Å²) in [5.74, 6) is -1.19. The van der Waals surface area contributed by atoms with Crippen molar-refractivity contribution >= 4 is 17.7 Å². The molecular formula is C9H13N3O3. The van der Waals surface area contributed by atoms with E-state index >= 15 is 0 Å². The second kappa shape index (κ2) is 3.98. The molecule has 2 N–H and O–H groups in total. The van der Waals surface area contributed by atoms with Crippen LogP contribution in [0.1, 0.15) is 19.3 Å². The number of amides is 3. The van der Waals surface area contributed by atoms with Gasteiger partial charge >= 0.3 is 0 Å². The van der Waals surface area contributed by atoms with Gasteiger partial charge in [-0.05, 0) is 19.4 Å². The monoisotopic (exact) mass is 211 g/mol. The molecule has 0 radical (unpaired) electrons. The third-order valence-corrected chi connectivity index (χ3v) is 2.64. The van der Waals surface area contributed by atoms with Crippen LogP contribution in [-0.2, 0) is 14.4 Å². The van der Waals surface area contributed by atoms with Crippen LogP contribution in [0.15, 0.2) is 0 Å². The summed E-state index contributed by atoms with van der Waals surface area (Å²) in [7, 11) is 0. The lowest BCUT2D eigenvalue weighted by Gasteiger charge is -2.26. The van der Waals surface area contributed by atoms with Gasteiger partial charge in [0.2, 0.25) is 17.7 Å². The first-order valence-electron chi connectivity index (χ1n) is 5.02. The topological polar surface area (TPSA) is 78.5 Å². The summed E-state index contributed by atoms with van der Waals surface area (Å²) in [5.41, 5.74) is 0. The van der Waals surface area contributed by atoms with Gasteiger partial charge in [0.05, 0.1) is 6.17 Å². The lowest BCUT2D eigenvalue weighted by molar-refractivity contribution is -0.137. The van der Waals surface area contributed by atoms with Gasteiger partial charge in [0.15, 0.2) is 0 Å². The number of nitrogens with one attached hydrogen (secondary N) is 2. The van der Waals surface area contributed by atoms with E-state index in [-0.39, 0.29) is 25.0 Å². The molecule has 0 bridgehead atoms. The zero-order valence-electron chi connectivity index (χ0n) is 8.28. The van der Waals surface area contributed by atoms with Crippen molar-refractivity contribution < 1.29 is 14.4 Å². The van der Waals surface area contributed by atoms with E-state index < -0.39 is 11.8 Å². The second-order valence-electron chi connectivity index (χ2n) is 3.78. The van der Waals surface area contributed by atoms with Crippen molar-refractivity contribution in [1.29, 1.82) is 0 Å². The smallest absolute Gasteiger partial charge is 0.246 e. The average molecular weight is 211 g/mol. The van der Waals surface area contributed by atoms with Crippen molar-refractivity contribution in [3.05, 3.63) is 0 Å². The zero-order chi connectivity index (χ0) is 10.8. The molecule has 6 heteroatoms. The molecule has 0 aromatic heterocycles. The minimum atomic E-state index is -0.509. The van der Waals surface area contributed by atoms with Gasteiger partial charge in [0.25, 0.3) is 0 Å². The first kappa shape index (κ1) is 10.1. The van der Waals surface area contributed by atoms with Crippen LogP contribution in [0.4, 0.5) is 0 Å². The number of rotatable bonds is 1. The molecule has 6 nitrogen and oxygen atoms in total. The third kappa shape index (κ3) is 2.15. The molecule has 3 amide bonds. The Hall–Kier alpha value is -1.43. The summed E-state index contributed by atoms with van der Waals surface area (Å²) in [6.07, 6.45) is 1.51. The lowest BCUT2D eigenvalue weighted by atomic mass is 10.2. The van der Waals surface area contributed by atoms with Gasteiger partial charge in [-0.15, -0.1) is 0 Å². The van der Waals surface area contributed by atoms with Gasteiger partial charge in [0.1, 0.15) is 13.0 Å². The first-order chi connectivity index (χ1) is 7.16. The summed E-state index contributed by atoms with van der Waals surface area (Å²) in [6.45, 7) is 0.826. The fraction of sp³-hybridized carbons (Fsp3) is 0.667. The van der Waals surface area contributed by atoms with E-state index in [0.717, 1.165) is 19.4 Å². The standard InChI is InChI=1S/C9H13N3O3/c13-7-4-9(15)12(5-8(14)11-7)6-2-1-3-10-6/h6,10H,1-5H2,(H,11,13,14). The zero-order valence-corrected chi connectivity index (χ0v) is 8.28. The van der Waals surface area contributed by atoms with Gasteiger partial charge in [-0.1, -0.05) is 0 Å². The number of carbonyl (C=O) groups excluding carboxylic acids is 3. The Kier molecular flexibility index (Phi) is 2.68. The highest BCUT2D eigenvalue weighted by Gasteiger charge is 2.32. The van der Waals surface area contributed by atoms with Gasteiger partial charge in [0, 0.05) is 0 Å². The van der Waals surface area contributed by atoms with Crippen LogP contribution in [0.25, 0.3) is 0 Å². The predicted molar refractivity (Wildman–Crippen MR) is 50.5 cm³/mol. The van der Waals surface area contributed by atoms with Crippen LogP contribution >= 0.6 is 0 Å². The maximum atomic E-state index is 11.6. The molecule has 0 aliphatic carbocycles. The summed E-state index contributed by atoms with van der Waals surface area (Å²) in [4.78, 5) is 35.4. The summed E-state index contributed by atoms with van der Waals surface area (Å²) in [5, 5.41) is 5.29. The van der Waals surface area contributed by atoms with E-state index in [1.807, 2.05) is 0 Å². The fourth-order valence-electron chi connectivity index (χ4n) is 1.94. The molecule has 0 aromatic rings. The molecule has 0 saturated carbocycles. The van der Waals surface area contributed by atoms with E-state index in [4.69, 9.17) is 0 Å². The van der Waals surface area contributed by atoms with Crippen molar-refractivity contribution in [1.82, 2.24) is 15.5 Å². The molecule has 2 heterocycles. The fourth-order valence-corrected chi connectivity index (χ4v) is 1.94. The Morgan fingerprint density at radius 2 is 2.00 bits per heavy atom. The van der Waals surface area contributed by atoms with Crippen LogP contribution in [0, 0.1) is 0 Å². The minimum Gasteiger partial charge on any atom is -0.317 e. The maximum absolute atomic E-state index is 11.6. The Balaban J connectivity index is 2.11. The lowest BCUT2D eigenvalue weighted by Crippen LogP contribution is -2.47. The molecule has 0 aromatic carbocycles. The van der Waals surface area contributed by atoms with Gasteiger partial charge in [-0.3, -0.25) is 25.0 Å². The van der Waals surface area contributed by atoms with E-state index in [0.29, 0.717) is 0 Å². The van der Waals surface area contributed by atoms with Crippen molar-refractivity contribution in [2.24, 2.45) is 0 Å². The van der Waals surface area contributed by atoms with Gasteiger partial charge < -0.3 is 4.90 Å². The van der Waals surface area contributed by atoms with Crippen LogP contribution in [0.5, 0.6) is 0 Å². The SMILES string of the molecule is O=C1CC(=O)N(C2CCCN2)CC(=O)N1. The number of nitrogens with zero attached hydrogens (tertiary/aromatic N) is 1. The highest BCUT2D eigenvalue weighted by molar-refractivity contribution is 6.08. The molecule has 1 atom stereocenters. The largest absolute Gasteiger partial charge is 0.317 e. The van der Waals surface area contributed by atoms with Crippen LogP contribution in [0.2, 0.25) is 0 Å². The Morgan fingerprint density at radius 3 is 2.67 bits per heavy atom. The highest BCUT2D eigenvalue weighted by Crippen LogP contribution is 2.12. The Morgan fingerprint density at radius 1 is 1.20 bits per heavy atom. The number of carbonyl (C=O) groups is 3. The van der Waals surface area contributed by atoms with Gasteiger partial charge in [-0.2, -0.15) is 0 Å². The van der Waals surface area contributed by atoms with Crippen molar-refractivity contribution in [3.8, 4) is 0 Å². The van der Waals surface area contributed by atoms with Crippen molar-refractivity contribution in [2.75, 3.05) is 13.1 Å². The number of hydrogen-bond donors (Lipinski definition) is 2. The molecule has 2 aliphatic heterocycles. The van der Waals surface area contributed by atoms with E-state index in [9.17, 15) is 14.4 Å². The van der Waals surface area contributed by atoms with E-state index in [1.54, 1.807) is 0 Å². The molecule has 2 rings (SSSR count). The molecule has 2 aliphatic rings. The number of hydrogen-bond acceptors (Lipinski definition) is 4. The summed E-state index contributed by atoms with van der Waals surface area (Å²) < 4.78 is 0. The van der Waals surface area contributed by atoms with Crippen molar-refractivity contribution in [2.45, 2.75) is 25.4 Å². The van der Waals surface area contributed by atoms with E-state index in [1.165, 1.54) is 4.90 Å². The molecular weight excluding hydrogens is 198 g/mol. The molecule has 0 spiro atoms. The highest BCUT2D eigenvalue weighted by atomic mass is 16.2. The van der Waals surface area contributed by atoms with E-state index in [2.05, 4.69) is 10.6 Å². The van der Waals surface area contributed by atoms with Crippen molar-refractivity contribution in [3.63, 3.8) is 0 Å². The molecule has 82 valence electrons. The molecule has 2 fully saturated rings.